The van der Waals surface area contributed by atoms with E-state index in [4.69, 9.17) is 5.73 Å². The lowest BCUT2D eigenvalue weighted by Crippen LogP contribution is -2.19. The van der Waals surface area contributed by atoms with Gasteiger partial charge in [0.1, 0.15) is 0 Å². The van der Waals surface area contributed by atoms with Crippen LogP contribution in [0.5, 0.6) is 0 Å². The van der Waals surface area contributed by atoms with E-state index in [9.17, 15) is 0 Å². The SMILES string of the molecule is Cc1ccnc(N(C)Cc2cccnc2)c1N. The van der Waals surface area contributed by atoms with E-state index in [0.29, 0.717) is 0 Å². The third kappa shape index (κ3) is 2.53. The molecule has 0 aliphatic carbocycles. The number of aromatic nitrogens is 2. The van der Waals surface area contributed by atoms with Crippen LogP contribution < -0.4 is 10.6 Å². The molecular weight excluding hydrogens is 212 g/mol. The maximum atomic E-state index is 6.02. The summed E-state index contributed by atoms with van der Waals surface area (Å²) >= 11 is 0. The van der Waals surface area contributed by atoms with Crippen LogP contribution in [0.4, 0.5) is 11.5 Å². The Morgan fingerprint density at radius 1 is 1.29 bits per heavy atom. The monoisotopic (exact) mass is 228 g/mol. The summed E-state index contributed by atoms with van der Waals surface area (Å²) in [6, 6.07) is 5.88. The quantitative estimate of drug-likeness (QED) is 0.873. The molecule has 4 nitrogen and oxygen atoms in total. The number of pyridine rings is 2. The summed E-state index contributed by atoms with van der Waals surface area (Å²) in [4.78, 5) is 10.4. The highest BCUT2D eigenvalue weighted by Crippen LogP contribution is 2.23. The molecule has 0 saturated heterocycles. The third-order valence-corrected chi connectivity index (χ3v) is 2.69. The van der Waals surface area contributed by atoms with Crippen LogP contribution in [0.1, 0.15) is 11.1 Å². The average molecular weight is 228 g/mol. The van der Waals surface area contributed by atoms with Crippen LogP contribution in [-0.2, 0) is 6.54 Å². The number of aryl methyl sites for hydroxylation is 1. The molecule has 0 aromatic carbocycles. The lowest BCUT2D eigenvalue weighted by atomic mass is 10.2. The van der Waals surface area contributed by atoms with Gasteiger partial charge in [-0.3, -0.25) is 4.98 Å². The average Bonchev–Trinajstić information content (AvgIpc) is 2.34. The first-order valence-corrected chi connectivity index (χ1v) is 5.49. The number of nitrogens with two attached hydrogens (primary N) is 1. The summed E-state index contributed by atoms with van der Waals surface area (Å²) in [5, 5.41) is 0. The molecule has 0 amide bonds. The van der Waals surface area contributed by atoms with Crippen molar-refractivity contribution >= 4 is 11.5 Å². The molecule has 2 rings (SSSR count). The van der Waals surface area contributed by atoms with Crippen molar-refractivity contribution in [1.29, 1.82) is 0 Å². The van der Waals surface area contributed by atoms with Gasteiger partial charge < -0.3 is 10.6 Å². The molecule has 0 unspecified atom stereocenters. The fraction of sp³-hybridized carbons (Fsp3) is 0.231. The Labute approximate surface area is 101 Å². The minimum Gasteiger partial charge on any atom is -0.396 e. The van der Waals surface area contributed by atoms with Gasteiger partial charge in [0.05, 0.1) is 5.69 Å². The lowest BCUT2D eigenvalue weighted by Gasteiger charge is -2.20. The molecule has 88 valence electrons. The smallest absolute Gasteiger partial charge is 0.152 e. The van der Waals surface area contributed by atoms with E-state index in [-0.39, 0.29) is 0 Å². The largest absolute Gasteiger partial charge is 0.396 e. The van der Waals surface area contributed by atoms with Crippen LogP contribution in [-0.4, -0.2) is 17.0 Å². The van der Waals surface area contributed by atoms with Gasteiger partial charge in [-0.05, 0) is 30.2 Å². The molecule has 2 heterocycles. The Balaban J connectivity index is 2.20. The van der Waals surface area contributed by atoms with Gasteiger partial charge >= 0.3 is 0 Å². The first kappa shape index (κ1) is 11.4. The first-order valence-electron chi connectivity index (χ1n) is 5.49. The van der Waals surface area contributed by atoms with Crippen molar-refractivity contribution in [3.8, 4) is 0 Å². The van der Waals surface area contributed by atoms with Crippen LogP contribution in [0.2, 0.25) is 0 Å². The summed E-state index contributed by atoms with van der Waals surface area (Å²) in [5.41, 5.74) is 8.94. The van der Waals surface area contributed by atoms with Crippen molar-refractivity contribution < 1.29 is 0 Å². The summed E-state index contributed by atoms with van der Waals surface area (Å²) in [6.45, 7) is 2.73. The predicted octanol–water partition coefficient (Wildman–Crippen LogP) is 2.00. The van der Waals surface area contributed by atoms with Crippen molar-refractivity contribution in [2.45, 2.75) is 13.5 Å². The van der Waals surface area contributed by atoms with Gasteiger partial charge in [0, 0.05) is 32.2 Å². The van der Waals surface area contributed by atoms with Gasteiger partial charge in [0.25, 0.3) is 0 Å². The first-order chi connectivity index (χ1) is 8.18. The van der Waals surface area contributed by atoms with Crippen molar-refractivity contribution in [1.82, 2.24) is 9.97 Å². The van der Waals surface area contributed by atoms with E-state index in [0.717, 1.165) is 29.2 Å². The Morgan fingerprint density at radius 3 is 2.82 bits per heavy atom. The van der Waals surface area contributed by atoms with Crippen molar-refractivity contribution in [2.75, 3.05) is 17.7 Å². The molecule has 0 saturated carbocycles. The summed E-state index contributed by atoms with van der Waals surface area (Å²) in [6.07, 6.45) is 5.39. The Morgan fingerprint density at radius 2 is 2.12 bits per heavy atom. The maximum Gasteiger partial charge on any atom is 0.152 e. The van der Waals surface area contributed by atoms with Gasteiger partial charge in [-0.2, -0.15) is 0 Å². The highest BCUT2D eigenvalue weighted by Gasteiger charge is 2.08. The maximum absolute atomic E-state index is 6.02. The molecule has 2 N–H and O–H groups in total. The standard InChI is InChI=1S/C13H16N4/c1-10-5-7-16-13(12(10)14)17(2)9-11-4-3-6-15-8-11/h3-8H,9,14H2,1-2H3. The minimum atomic E-state index is 0.735. The van der Waals surface area contributed by atoms with E-state index in [1.165, 1.54) is 0 Å². The zero-order valence-electron chi connectivity index (χ0n) is 10.1. The van der Waals surface area contributed by atoms with E-state index >= 15 is 0 Å². The highest BCUT2D eigenvalue weighted by atomic mass is 15.2. The Hall–Kier alpha value is -2.10. The number of anilines is 2. The molecule has 2 aromatic rings. The summed E-state index contributed by atoms with van der Waals surface area (Å²) < 4.78 is 0. The number of nitrogen functional groups attached to an aromatic ring is 1. The van der Waals surface area contributed by atoms with Gasteiger partial charge in [0.15, 0.2) is 5.82 Å². The third-order valence-electron chi connectivity index (χ3n) is 2.69. The van der Waals surface area contributed by atoms with Crippen molar-refractivity contribution in [3.63, 3.8) is 0 Å². The second-order valence-electron chi connectivity index (χ2n) is 4.08. The summed E-state index contributed by atoms with van der Waals surface area (Å²) in [7, 11) is 1.98. The summed E-state index contributed by atoms with van der Waals surface area (Å²) in [5.74, 6) is 0.814. The topological polar surface area (TPSA) is 55.0 Å². The van der Waals surface area contributed by atoms with Crippen LogP contribution in [0, 0.1) is 6.92 Å². The van der Waals surface area contributed by atoms with Gasteiger partial charge in [0.2, 0.25) is 0 Å². The molecule has 0 aliphatic heterocycles. The van der Waals surface area contributed by atoms with Gasteiger partial charge in [-0.25, -0.2) is 4.98 Å². The fourth-order valence-electron chi connectivity index (χ4n) is 1.70. The molecule has 2 aromatic heterocycles. The second kappa shape index (κ2) is 4.82. The Bertz CT molecular complexity index is 496. The molecule has 0 radical (unpaired) electrons. The van der Waals surface area contributed by atoms with Crippen LogP contribution in [0.25, 0.3) is 0 Å². The number of rotatable bonds is 3. The normalized spacial score (nSPS) is 10.2. The molecule has 0 bridgehead atoms. The zero-order valence-corrected chi connectivity index (χ0v) is 10.1. The molecule has 17 heavy (non-hydrogen) atoms. The Kier molecular flexibility index (Phi) is 3.23. The molecule has 0 atom stereocenters. The fourth-order valence-corrected chi connectivity index (χ4v) is 1.70. The minimum absolute atomic E-state index is 0.735. The van der Waals surface area contributed by atoms with E-state index < -0.39 is 0 Å². The lowest BCUT2D eigenvalue weighted by molar-refractivity contribution is 0.892. The van der Waals surface area contributed by atoms with Crippen LogP contribution in [0.3, 0.4) is 0 Å². The van der Waals surface area contributed by atoms with Gasteiger partial charge in [-0.1, -0.05) is 6.07 Å². The predicted molar refractivity (Wildman–Crippen MR) is 69.7 cm³/mol. The number of hydrogen-bond donors (Lipinski definition) is 1. The van der Waals surface area contributed by atoms with Crippen molar-refractivity contribution in [2.24, 2.45) is 0 Å². The van der Waals surface area contributed by atoms with E-state index in [2.05, 4.69) is 9.97 Å². The highest BCUT2D eigenvalue weighted by molar-refractivity contribution is 5.66. The van der Waals surface area contributed by atoms with E-state index in [1.54, 1.807) is 12.4 Å². The van der Waals surface area contributed by atoms with Gasteiger partial charge in [-0.15, -0.1) is 0 Å². The van der Waals surface area contributed by atoms with Crippen LogP contribution in [0.15, 0.2) is 36.8 Å². The zero-order chi connectivity index (χ0) is 12.3. The molecule has 4 heteroatoms. The van der Waals surface area contributed by atoms with Crippen molar-refractivity contribution in [3.05, 3.63) is 47.9 Å². The molecule has 0 aliphatic rings. The van der Waals surface area contributed by atoms with Crippen LogP contribution >= 0.6 is 0 Å². The molecule has 0 spiro atoms. The number of hydrogen-bond acceptors (Lipinski definition) is 4. The second-order valence-corrected chi connectivity index (χ2v) is 4.08. The molecular formula is C13H16N4. The van der Waals surface area contributed by atoms with E-state index in [1.807, 2.05) is 43.3 Å². The number of nitrogens with zero attached hydrogens (tertiary/aromatic N) is 3. The molecule has 0 fully saturated rings.